The lowest BCUT2D eigenvalue weighted by molar-refractivity contribution is -0.135. The Hall–Kier alpha value is -1.10. The van der Waals surface area contributed by atoms with Gasteiger partial charge < -0.3 is 16.0 Å². The quantitative estimate of drug-likeness (QED) is 0.757. The molecule has 0 aromatic rings. The van der Waals surface area contributed by atoms with E-state index in [1.165, 1.54) is 4.90 Å². The number of hydrogen-bond acceptors (Lipinski definition) is 3. The molecule has 0 aromatic carbocycles. The molecule has 0 fully saturated rings. The fraction of sp³-hybridized carbons (Fsp3) is 0.846. The minimum absolute atomic E-state index is 0.0379. The Labute approximate surface area is 110 Å². The van der Waals surface area contributed by atoms with Gasteiger partial charge in [0.05, 0.1) is 5.92 Å². The predicted molar refractivity (Wildman–Crippen MR) is 72.9 cm³/mol. The van der Waals surface area contributed by atoms with Crippen LogP contribution in [0.3, 0.4) is 0 Å². The zero-order valence-corrected chi connectivity index (χ0v) is 12.4. The van der Waals surface area contributed by atoms with Gasteiger partial charge in [0.15, 0.2) is 0 Å². The minimum Gasteiger partial charge on any atom is -0.347 e. The second kappa shape index (κ2) is 6.73. The molecule has 2 unspecified atom stereocenters. The fourth-order valence-electron chi connectivity index (χ4n) is 1.80. The van der Waals surface area contributed by atoms with Crippen LogP contribution in [-0.2, 0) is 9.59 Å². The molecule has 0 aromatic heterocycles. The van der Waals surface area contributed by atoms with E-state index in [0.29, 0.717) is 13.0 Å². The highest BCUT2D eigenvalue weighted by Crippen LogP contribution is 2.24. The van der Waals surface area contributed by atoms with Gasteiger partial charge in [0.1, 0.15) is 6.04 Å². The molecule has 5 heteroatoms. The Bertz CT molecular complexity index is 295. The van der Waals surface area contributed by atoms with E-state index in [9.17, 15) is 9.59 Å². The molecule has 0 aliphatic rings. The van der Waals surface area contributed by atoms with Crippen molar-refractivity contribution in [2.75, 3.05) is 20.6 Å². The van der Waals surface area contributed by atoms with Crippen LogP contribution in [0.1, 0.15) is 34.1 Å². The van der Waals surface area contributed by atoms with Crippen LogP contribution < -0.4 is 11.1 Å². The van der Waals surface area contributed by atoms with E-state index in [-0.39, 0.29) is 23.1 Å². The second-order valence-corrected chi connectivity index (χ2v) is 6.16. The zero-order valence-electron chi connectivity index (χ0n) is 12.4. The third-order valence-electron chi connectivity index (χ3n) is 2.68. The molecule has 0 spiro atoms. The van der Waals surface area contributed by atoms with E-state index >= 15 is 0 Å². The molecule has 18 heavy (non-hydrogen) atoms. The average molecular weight is 257 g/mol. The summed E-state index contributed by atoms with van der Waals surface area (Å²) in [5.41, 5.74) is 5.67. The summed E-state index contributed by atoms with van der Waals surface area (Å²) in [5.74, 6) is -0.507. The molecular weight excluding hydrogens is 230 g/mol. The smallest absolute Gasteiger partial charge is 0.244 e. The third kappa shape index (κ3) is 6.00. The van der Waals surface area contributed by atoms with E-state index in [0.717, 1.165) is 0 Å². The predicted octanol–water partition coefficient (Wildman–Crippen LogP) is 0.590. The van der Waals surface area contributed by atoms with Crippen molar-refractivity contribution in [1.29, 1.82) is 0 Å². The molecular formula is C13H27N3O2. The molecule has 106 valence electrons. The van der Waals surface area contributed by atoms with Gasteiger partial charge in [0.25, 0.3) is 0 Å². The van der Waals surface area contributed by atoms with Crippen LogP contribution in [0.15, 0.2) is 0 Å². The van der Waals surface area contributed by atoms with Crippen LogP contribution in [0.5, 0.6) is 0 Å². The number of hydrogen-bond donors (Lipinski definition) is 2. The number of nitrogens with zero attached hydrogens (tertiary/aromatic N) is 1. The number of carbonyl (C=O) groups is 2. The first-order valence-corrected chi connectivity index (χ1v) is 6.30. The van der Waals surface area contributed by atoms with E-state index in [1.54, 1.807) is 21.0 Å². The first kappa shape index (κ1) is 16.9. The average Bonchev–Trinajstić information content (AvgIpc) is 2.22. The van der Waals surface area contributed by atoms with Gasteiger partial charge >= 0.3 is 0 Å². The van der Waals surface area contributed by atoms with Crippen molar-refractivity contribution in [2.45, 2.75) is 40.2 Å². The molecule has 2 atom stereocenters. The van der Waals surface area contributed by atoms with Gasteiger partial charge in [-0.1, -0.05) is 20.8 Å². The van der Waals surface area contributed by atoms with E-state index in [2.05, 4.69) is 26.1 Å². The Kier molecular flexibility index (Phi) is 6.32. The lowest BCUT2D eigenvalue weighted by atomic mass is 9.84. The van der Waals surface area contributed by atoms with E-state index in [4.69, 9.17) is 5.73 Å². The molecule has 0 saturated carbocycles. The summed E-state index contributed by atoms with van der Waals surface area (Å²) in [6, 6.07) is -0.512. The lowest BCUT2D eigenvalue weighted by Gasteiger charge is -2.26. The van der Waals surface area contributed by atoms with Crippen LogP contribution in [0.4, 0.5) is 0 Å². The summed E-state index contributed by atoms with van der Waals surface area (Å²) in [5, 5.41) is 2.72. The Morgan fingerprint density at radius 3 is 2.11 bits per heavy atom. The van der Waals surface area contributed by atoms with Crippen molar-refractivity contribution in [3.05, 3.63) is 0 Å². The number of rotatable bonds is 5. The molecule has 0 aliphatic carbocycles. The molecule has 0 radical (unpaired) electrons. The molecule has 0 rings (SSSR count). The summed E-state index contributed by atoms with van der Waals surface area (Å²) in [6.45, 7) is 8.18. The molecule has 0 heterocycles. The number of carbonyl (C=O) groups excluding carboxylic acids is 2. The van der Waals surface area contributed by atoms with Gasteiger partial charge in [-0.2, -0.15) is 0 Å². The maximum Gasteiger partial charge on any atom is 0.244 e. The number of amides is 2. The van der Waals surface area contributed by atoms with E-state index in [1.807, 2.05) is 0 Å². The van der Waals surface area contributed by atoms with Crippen LogP contribution in [0.2, 0.25) is 0 Å². The standard InChI is InChI=1S/C13H27N3O2/c1-9(12(18)16(5)6)15-11(17)10(8-14)7-13(2,3)4/h9-10H,7-8,14H2,1-6H3,(H,15,17). The highest BCUT2D eigenvalue weighted by atomic mass is 16.2. The van der Waals surface area contributed by atoms with Crippen LogP contribution in [0.25, 0.3) is 0 Å². The van der Waals surface area contributed by atoms with Crippen molar-refractivity contribution in [3.8, 4) is 0 Å². The Morgan fingerprint density at radius 1 is 1.28 bits per heavy atom. The van der Waals surface area contributed by atoms with Crippen LogP contribution in [-0.4, -0.2) is 43.4 Å². The summed E-state index contributed by atoms with van der Waals surface area (Å²) in [4.78, 5) is 25.1. The lowest BCUT2D eigenvalue weighted by Crippen LogP contribution is -2.47. The normalized spacial score (nSPS) is 14.8. The van der Waals surface area contributed by atoms with Crippen LogP contribution >= 0.6 is 0 Å². The largest absolute Gasteiger partial charge is 0.347 e. The highest BCUT2D eigenvalue weighted by Gasteiger charge is 2.26. The topological polar surface area (TPSA) is 75.4 Å². The first-order valence-electron chi connectivity index (χ1n) is 6.30. The fourth-order valence-corrected chi connectivity index (χ4v) is 1.80. The second-order valence-electron chi connectivity index (χ2n) is 6.16. The number of nitrogens with one attached hydrogen (secondary N) is 1. The molecule has 2 amide bonds. The SMILES string of the molecule is CC(NC(=O)C(CN)CC(C)(C)C)C(=O)N(C)C. The van der Waals surface area contributed by atoms with Crippen molar-refractivity contribution in [3.63, 3.8) is 0 Å². The van der Waals surface area contributed by atoms with E-state index < -0.39 is 6.04 Å². The van der Waals surface area contributed by atoms with Crippen LogP contribution in [0, 0.1) is 11.3 Å². The highest BCUT2D eigenvalue weighted by molar-refractivity contribution is 5.88. The van der Waals surface area contributed by atoms with Gasteiger partial charge in [-0.25, -0.2) is 0 Å². The Balaban J connectivity index is 4.50. The molecule has 5 nitrogen and oxygen atoms in total. The molecule has 0 bridgehead atoms. The van der Waals surface area contributed by atoms with Gasteiger partial charge in [0, 0.05) is 20.6 Å². The number of likely N-dealkylation sites (N-methyl/N-ethyl adjacent to an activating group) is 1. The maximum atomic E-state index is 12.0. The summed E-state index contributed by atoms with van der Waals surface area (Å²) >= 11 is 0. The number of nitrogens with two attached hydrogens (primary N) is 1. The van der Waals surface area contributed by atoms with Gasteiger partial charge in [-0.3, -0.25) is 9.59 Å². The summed E-state index contributed by atoms with van der Waals surface area (Å²) in [6.07, 6.45) is 0.707. The summed E-state index contributed by atoms with van der Waals surface area (Å²) in [7, 11) is 3.33. The maximum absolute atomic E-state index is 12.0. The summed E-state index contributed by atoms with van der Waals surface area (Å²) < 4.78 is 0. The third-order valence-corrected chi connectivity index (χ3v) is 2.68. The molecule has 3 N–H and O–H groups in total. The van der Waals surface area contributed by atoms with Crippen molar-refractivity contribution in [1.82, 2.24) is 10.2 Å². The van der Waals surface area contributed by atoms with Crippen molar-refractivity contribution in [2.24, 2.45) is 17.1 Å². The zero-order chi connectivity index (χ0) is 14.5. The van der Waals surface area contributed by atoms with Crippen molar-refractivity contribution >= 4 is 11.8 Å². The molecule has 0 aliphatic heterocycles. The minimum atomic E-state index is -0.512. The Morgan fingerprint density at radius 2 is 1.78 bits per heavy atom. The first-order chi connectivity index (χ1) is 8.08. The molecule has 0 saturated heterocycles. The van der Waals surface area contributed by atoms with Crippen molar-refractivity contribution < 1.29 is 9.59 Å². The van der Waals surface area contributed by atoms with Gasteiger partial charge in [-0.15, -0.1) is 0 Å². The monoisotopic (exact) mass is 257 g/mol. The van der Waals surface area contributed by atoms with Gasteiger partial charge in [0.2, 0.25) is 11.8 Å². The van der Waals surface area contributed by atoms with Gasteiger partial charge in [-0.05, 0) is 18.8 Å².